The van der Waals surface area contributed by atoms with Crippen molar-refractivity contribution >= 4 is 26.5 Å². The van der Waals surface area contributed by atoms with Gasteiger partial charge in [0.1, 0.15) is 10.5 Å². The average Bonchev–Trinajstić information content (AvgIpc) is 2.54. The van der Waals surface area contributed by atoms with Crippen LogP contribution in [0.5, 0.6) is 0 Å². The zero-order chi connectivity index (χ0) is 16.6. The van der Waals surface area contributed by atoms with E-state index in [4.69, 9.17) is 9.83 Å². The van der Waals surface area contributed by atoms with Crippen LogP contribution >= 0.6 is 0 Å². The minimum atomic E-state index is -3.95. The number of fused-ring (bicyclic) bond motifs is 1. The number of nitrogens with one attached hydrogen (secondary N) is 1. The molecule has 0 atom stereocenters. The Bertz CT molecular complexity index is 1070. The van der Waals surface area contributed by atoms with Crippen molar-refractivity contribution in [3.05, 3.63) is 70.3 Å². The van der Waals surface area contributed by atoms with Gasteiger partial charge in [0, 0.05) is 17.5 Å². The second-order valence-electron chi connectivity index (χ2n) is 4.74. The van der Waals surface area contributed by atoms with E-state index >= 15 is 0 Å². The lowest BCUT2D eigenvalue weighted by atomic mass is 10.2. The van der Waals surface area contributed by atoms with Crippen LogP contribution in [0.25, 0.3) is 11.0 Å². The molecule has 0 radical (unpaired) electrons. The monoisotopic (exact) mass is 330 g/mol. The van der Waals surface area contributed by atoms with E-state index in [1.807, 2.05) is 0 Å². The highest BCUT2D eigenvalue weighted by Gasteiger charge is 2.22. The standard InChI is InChI=1S/C15H10N2O5S/c16-15-14(23(20,21)12-4-2-1-3-5-12)9-10-8-11(17(18)19)6-7-13(10)22-15/h1-9,16H. The third kappa shape index (κ3) is 2.59. The lowest BCUT2D eigenvalue weighted by molar-refractivity contribution is -0.384. The quantitative estimate of drug-likeness (QED) is 0.585. The van der Waals surface area contributed by atoms with Crippen LogP contribution in [0.1, 0.15) is 0 Å². The van der Waals surface area contributed by atoms with Crippen molar-refractivity contribution in [2.24, 2.45) is 0 Å². The molecule has 0 bridgehead atoms. The molecule has 0 aliphatic rings. The first kappa shape index (κ1) is 14.9. The fourth-order valence-corrected chi connectivity index (χ4v) is 3.49. The Balaban J connectivity index is 2.27. The highest BCUT2D eigenvalue weighted by Crippen LogP contribution is 2.24. The molecule has 0 saturated carbocycles. The molecule has 1 aromatic heterocycles. The van der Waals surface area contributed by atoms with Crippen molar-refractivity contribution in [3.8, 4) is 0 Å². The van der Waals surface area contributed by atoms with Gasteiger partial charge in [-0.25, -0.2) is 8.42 Å². The van der Waals surface area contributed by atoms with Crippen molar-refractivity contribution in [3.63, 3.8) is 0 Å². The van der Waals surface area contributed by atoms with Gasteiger partial charge in [0.05, 0.1) is 9.82 Å². The summed E-state index contributed by atoms with van der Waals surface area (Å²) >= 11 is 0. The second-order valence-corrected chi connectivity index (χ2v) is 6.65. The van der Waals surface area contributed by atoms with E-state index in [0.717, 1.165) is 0 Å². The van der Waals surface area contributed by atoms with Crippen LogP contribution in [0.15, 0.2) is 68.8 Å². The van der Waals surface area contributed by atoms with E-state index < -0.39 is 20.3 Å². The van der Waals surface area contributed by atoms with Gasteiger partial charge in [0.2, 0.25) is 15.4 Å². The number of nitro benzene ring substituents is 1. The molecule has 7 nitrogen and oxygen atoms in total. The Kier molecular flexibility index (Phi) is 3.45. The Morgan fingerprint density at radius 1 is 1.04 bits per heavy atom. The summed E-state index contributed by atoms with van der Waals surface area (Å²) in [5.41, 5.74) is -0.503. The van der Waals surface area contributed by atoms with Gasteiger partial charge >= 0.3 is 0 Å². The molecule has 0 spiro atoms. The van der Waals surface area contributed by atoms with Crippen LogP contribution in [0.2, 0.25) is 0 Å². The fourth-order valence-electron chi connectivity index (χ4n) is 2.15. The molecular weight excluding hydrogens is 320 g/mol. The van der Waals surface area contributed by atoms with E-state index in [2.05, 4.69) is 0 Å². The third-order valence-electron chi connectivity index (χ3n) is 3.27. The summed E-state index contributed by atoms with van der Waals surface area (Å²) in [6.45, 7) is 0. The summed E-state index contributed by atoms with van der Waals surface area (Å²) in [7, 11) is -3.95. The summed E-state index contributed by atoms with van der Waals surface area (Å²) in [6.07, 6.45) is 0. The Labute approximate surface area is 130 Å². The molecule has 23 heavy (non-hydrogen) atoms. The van der Waals surface area contributed by atoms with Crippen LogP contribution in [0, 0.1) is 15.5 Å². The topological polar surface area (TPSA) is 114 Å². The molecule has 1 N–H and O–H groups in total. The van der Waals surface area contributed by atoms with Gasteiger partial charge < -0.3 is 4.42 Å². The SMILES string of the molecule is N=c1oc2ccc([N+](=O)[O-])cc2cc1S(=O)(=O)c1ccccc1. The van der Waals surface area contributed by atoms with Crippen molar-refractivity contribution in [2.45, 2.75) is 9.79 Å². The molecule has 116 valence electrons. The molecule has 0 aliphatic carbocycles. The summed E-state index contributed by atoms with van der Waals surface area (Å²) in [5.74, 6) is 0. The van der Waals surface area contributed by atoms with Crippen LogP contribution < -0.4 is 5.55 Å². The van der Waals surface area contributed by atoms with Crippen LogP contribution in [-0.2, 0) is 9.84 Å². The predicted octanol–water partition coefficient (Wildman–Crippen LogP) is 2.65. The summed E-state index contributed by atoms with van der Waals surface area (Å²) in [4.78, 5) is 9.94. The van der Waals surface area contributed by atoms with Crippen molar-refractivity contribution in [2.75, 3.05) is 0 Å². The minimum Gasteiger partial charge on any atom is -0.438 e. The zero-order valence-electron chi connectivity index (χ0n) is 11.6. The first-order valence-electron chi connectivity index (χ1n) is 6.46. The van der Waals surface area contributed by atoms with E-state index in [9.17, 15) is 18.5 Å². The molecule has 0 unspecified atom stereocenters. The van der Waals surface area contributed by atoms with Gasteiger partial charge in [-0.1, -0.05) is 18.2 Å². The Hall–Kier alpha value is -3.00. The maximum Gasteiger partial charge on any atom is 0.270 e. The third-order valence-corrected chi connectivity index (χ3v) is 5.04. The Morgan fingerprint density at radius 3 is 2.39 bits per heavy atom. The first-order chi connectivity index (χ1) is 10.9. The normalized spacial score (nSPS) is 11.5. The molecule has 0 saturated heterocycles. The fraction of sp³-hybridized carbons (Fsp3) is 0. The van der Waals surface area contributed by atoms with E-state index in [-0.39, 0.29) is 26.4 Å². The first-order valence-corrected chi connectivity index (χ1v) is 7.95. The molecular formula is C15H10N2O5S. The van der Waals surface area contributed by atoms with Gasteiger partial charge in [-0.15, -0.1) is 0 Å². The molecule has 3 aromatic rings. The molecule has 0 amide bonds. The van der Waals surface area contributed by atoms with Gasteiger partial charge in [0.25, 0.3) is 5.69 Å². The minimum absolute atomic E-state index is 0.0217. The zero-order valence-corrected chi connectivity index (χ0v) is 12.4. The largest absolute Gasteiger partial charge is 0.438 e. The van der Waals surface area contributed by atoms with E-state index in [1.165, 1.54) is 36.4 Å². The number of rotatable bonds is 3. The second kappa shape index (κ2) is 5.33. The number of non-ortho nitro benzene ring substituents is 1. The van der Waals surface area contributed by atoms with Gasteiger partial charge in [-0.05, 0) is 24.3 Å². The lowest BCUT2D eigenvalue weighted by Crippen LogP contribution is -2.14. The van der Waals surface area contributed by atoms with Crippen molar-refractivity contribution in [1.29, 1.82) is 5.41 Å². The highest BCUT2D eigenvalue weighted by molar-refractivity contribution is 7.91. The van der Waals surface area contributed by atoms with Gasteiger partial charge in [0.15, 0.2) is 0 Å². The molecule has 3 rings (SSSR count). The highest BCUT2D eigenvalue weighted by atomic mass is 32.2. The van der Waals surface area contributed by atoms with Crippen LogP contribution in [0.3, 0.4) is 0 Å². The van der Waals surface area contributed by atoms with Crippen molar-refractivity contribution < 1.29 is 17.8 Å². The summed E-state index contributed by atoms with van der Waals surface area (Å²) in [6, 6.07) is 12.6. The van der Waals surface area contributed by atoms with Crippen LogP contribution in [0.4, 0.5) is 5.69 Å². The maximum absolute atomic E-state index is 12.6. The van der Waals surface area contributed by atoms with Gasteiger partial charge in [-0.3, -0.25) is 15.5 Å². The molecule has 8 heteroatoms. The Morgan fingerprint density at radius 2 is 1.74 bits per heavy atom. The van der Waals surface area contributed by atoms with E-state index in [0.29, 0.717) is 0 Å². The molecule has 0 fully saturated rings. The number of hydrogen-bond donors (Lipinski definition) is 1. The molecule has 1 heterocycles. The summed E-state index contributed by atoms with van der Waals surface area (Å²) < 4.78 is 30.4. The number of nitro groups is 1. The van der Waals surface area contributed by atoms with Crippen LogP contribution in [-0.4, -0.2) is 13.3 Å². The maximum atomic E-state index is 12.6. The molecule has 2 aromatic carbocycles. The van der Waals surface area contributed by atoms with Gasteiger partial charge in [-0.2, -0.15) is 0 Å². The predicted molar refractivity (Wildman–Crippen MR) is 80.6 cm³/mol. The summed E-state index contributed by atoms with van der Waals surface area (Å²) in [5, 5.41) is 18.9. The van der Waals surface area contributed by atoms with Crippen molar-refractivity contribution in [1.82, 2.24) is 0 Å². The smallest absolute Gasteiger partial charge is 0.270 e. The lowest BCUT2D eigenvalue weighted by Gasteiger charge is -2.05. The number of nitrogens with zero attached hydrogens (tertiary/aromatic N) is 1. The van der Waals surface area contributed by atoms with E-state index in [1.54, 1.807) is 18.2 Å². The number of benzene rings is 2. The number of hydrogen-bond acceptors (Lipinski definition) is 6. The molecule has 0 aliphatic heterocycles. The average molecular weight is 330 g/mol. The number of sulfone groups is 1.